The number of thiazole rings is 1. The van der Waals surface area contributed by atoms with Crippen LogP contribution in [-0.2, 0) is 16.1 Å². The molecule has 1 aliphatic heterocycles. The van der Waals surface area contributed by atoms with Crippen LogP contribution in [0.2, 0.25) is 0 Å². The molecule has 3 heterocycles. The number of carbonyl (C=O) groups excluding carboxylic acids is 1. The third kappa shape index (κ3) is 5.22. The lowest BCUT2D eigenvalue weighted by Gasteiger charge is -2.25. The number of halogens is 1. The summed E-state index contributed by atoms with van der Waals surface area (Å²) in [5, 5.41) is 0.972. The van der Waals surface area contributed by atoms with Gasteiger partial charge in [0.1, 0.15) is 5.82 Å². The molecule has 0 aliphatic carbocycles. The van der Waals surface area contributed by atoms with E-state index in [1.807, 2.05) is 42.6 Å². The quantitative estimate of drug-likeness (QED) is 0.232. The van der Waals surface area contributed by atoms with E-state index in [9.17, 15) is 14.0 Å². The maximum atomic E-state index is 14.2. The van der Waals surface area contributed by atoms with Crippen molar-refractivity contribution in [1.82, 2.24) is 9.13 Å². The molecule has 1 atom stereocenters. The summed E-state index contributed by atoms with van der Waals surface area (Å²) in [7, 11) is 3.08. The molecule has 0 saturated carbocycles. The first-order chi connectivity index (χ1) is 21.3. The van der Waals surface area contributed by atoms with Crippen molar-refractivity contribution in [3.63, 3.8) is 0 Å². The van der Waals surface area contributed by atoms with Gasteiger partial charge < -0.3 is 18.8 Å². The van der Waals surface area contributed by atoms with Crippen LogP contribution in [0.4, 0.5) is 4.39 Å². The molecule has 0 N–H and O–H groups in total. The lowest BCUT2D eigenvalue weighted by atomic mass is 9.95. The minimum atomic E-state index is -0.785. The van der Waals surface area contributed by atoms with Gasteiger partial charge in [-0.05, 0) is 61.4 Å². The zero-order chi connectivity index (χ0) is 31.0. The van der Waals surface area contributed by atoms with Gasteiger partial charge in [0.15, 0.2) is 16.3 Å². The van der Waals surface area contributed by atoms with Crippen molar-refractivity contribution in [2.45, 2.75) is 26.4 Å². The summed E-state index contributed by atoms with van der Waals surface area (Å²) >= 11 is 1.26. The molecule has 2 aromatic heterocycles. The Labute approximate surface area is 256 Å². The maximum Gasteiger partial charge on any atom is 0.338 e. The summed E-state index contributed by atoms with van der Waals surface area (Å²) in [6, 6.07) is 18.9. The number of allylic oxidation sites excluding steroid dienone is 1. The Bertz CT molecular complexity index is 2110. The van der Waals surface area contributed by atoms with Gasteiger partial charge in [0, 0.05) is 29.2 Å². The number of aromatic nitrogens is 2. The smallest absolute Gasteiger partial charge is 0.338 e. The summed E-state index contributed by atoms with van der Waals surface area (Å²) in [6.45, 7) is 4.21. The zero-order valence-electron chi connectivity index (χ0n) is 24.7. The molecule has 0 saturated heterocycles. The molecule has 0 spiro atoms. The van der Waals surface area contributed by atoms with E-state index in [4.69, 9.17) is 14.2 Å². The Kier molecular flexibility index (Phi) is 7.92. The van der Waals surface area contributed by atoms with Crippen LogP contribution >= 0.6 is 11.3 Å². The average molecular weight is 612 g/mol. The minimum absolute atomic E-state index is 0.181. The number of nitrogens with zero attached hydrogens (tertiary/aromatic N) is 3. The Morgan fingerprint density at radius 2 is 1.80 bits per heavy atom. The Morgan fingerprint density at radius 1 is 1.05 bits per heavy atom. The summed E-state index contributed by atoms with van der Waals surface area (Å²) in [5.41, 5.74) is 3.94. The number of benzene rings is 3. The molecule has 0 bridgehead atoms. The second kappa shape index (κ2) is 12.0. The van der Waals surface area contributed by atoms with Crippen molar-refractivity contribution in [2.75, 3.05) is 20.8 Å². The second-order valence-electron chi connectivity index (χ2n) is 10.3. The van der Waals surface area contributed by atoms with Gasteiger partial charge in [-0.25, -0.2) is 14.2 Å². The van der Waals surface area contributed by atoms with Crippen molar-refractivity contribution in [3.05, 3.63) is 126 Å². The van der Waals surface area contributed by atoms with Crippen LogP contribution in [0.3, 0.4) is 0 Å². The summed E-state index contributed by atoms with van der Waals surface area (Å²) < 4.78 is 34.0. The zero-order valence-corrected chi connectivity index (χ0v) is 25.5. The molecule has 0 fully saturated rings. The van der Waals surface area contributed by atoms with E-state index in [-0.39, 0.29) is 23.6 Å². The molecule has 10 heteroatoms. The third-order valence-electron chi connectivity index (χ3n) is 7.61. The van der Waals surface area contributed by atoms with Crippen molar-refractivity contribution in [1.29, 1.82) is 0 Å². The number of carbonyl (C=O) groups is 1. The van der Waals surface area contributed by atoms with Gasteiger partial charge in [-0.3, -0.25) is 9.36 Å². The van der Waals surface area contributed by atoms with E-state index in [2.05, 4.69) is 9.56 Å². The molecule has 5 aromatic rings. The molecule has 1 aliphatic rings. The van der Waals surface area contributed by atoms with Gasteiger partial charge in [0.25, 0.3) is 5.56 Å². The van der Waals surface area contributed by atoms with Crippen LogP contribution in [0.25, 0.3) is 17.0 Å². The van der Waals surface area contributed by atoms with Gasteiger partial charge in [-0.15, -0.1) is 0 Å². The van der Waals surface area contributed by atoms with E-state index >= 15 is 0 Å². The molecule has 44 heavy (non-hydrogen) atoms. The predicted octanol–water partition coefficient (Wildman–Crippen LogP) is 4.96. The number of rotatable bonds is 8. The first kappa shape index (κ1) is 29.1. The van der Waals surface area contributed by atoms with Crippen LogP contribution in [0.5, 0.6) is 11.5 Å². The van der Waals surface area contributed by atoms with Crippen LogP contribution in [0.1, 0.15) is 36.6 Å². The topological polar surface area (TPSA) is 84.1 Å². The van der Waals surface area contributed by atoms with Crippen LogP contribution in [-0.4, -0.2) is 35.9 Å². The number of ether oxygens (including phenoxy) is 3. The fourth-order valence-corrected chi connectivity index (χ4v) is 6.62. The Morgan fingerprint density at radius 3 is 2.52 bits per heavy atom. The minimum Gasteiger partial charge on any atom is -0.493 e. The van der Waals surface area contributed by atoms with E-state index in [1.165, 1.54) is 30.6 Å². The molecule has 8 nitrogen and oxygen atoms in total. The fourth-order valence-electron chi connectivity index (χ4n) is 5.58. The Hall–Kier alpha value is -4.96. The van der Waals surface area contributed by atoms with Crippen molar-refractivity contribution in [3.8, 4) is 11.5 Å². The van der Waals surface area contributed by atoms with Crippen LogP contribution in [0, 0.1) is 5.82 Å². The van der Waals surface area contributed by atoms with Crippen LogP contribution < -0.4 is 24.4 Å². The summed E-state index contributed by atoms with van der Waals surface area (Å²) in [6.07, 6.45) is 3.86. The second-order valence-corrected chi connectivity index (χ2v) is 11.3. The predicted molar refractivity (Wildman–Crippen MR) is 167 cm³/mol. The van der Waals surface area contributed by atoms with E-state index in [0.717, 1.165) is 22.0 Å². The van der Waals surface area contributed by atoms with E-state index in [1.54, 1.807) is 49.8 Å². The molecule has 0 radical (unpaired) electrons. The van der Waals surface area contributed by atoms with Gasteiger partial charge in [-0.2, -0.15) is 0 Å². The standard InChI is InChI=1S/C34H30FN3O5S/c1-5-43-33(40)30-20(2)36-34-38(31(30)22-12-15-27(41-3)28(16-22)42-4)32(39)29(44-34)17-23-19-37(26-9-7-6-8-25(23)26)18-21-10-13-24(35)14-11-21/h6-17,19,31H,5,18H2,1-4H3/b29-17+/t31-/m1/s1. The average Bonchev–Trinajstić information content (AvgIpc) is 3.53. The SMILES string of the molecule is CCOC(=O)C1=C(C)N=c2s/c(=C/c3cn(Cc4ccc(F)cc4)c4ccccc34)c(=O)n2[C@@H]1c1ccc(OC)c(OC)c1. The van der Waals surface area contributed by atoms with E-state index in [0.29, 0.717) is 38.6 Å². The molecule has 0 unspecified atom stereocenters. The van der Waals surface area contributed by atoms with Crippen molar-refractivity contribution >= 4 is 34.3 Å². The molecule has 0 amide bonds. The number of esters is 1. The Balaban J connectivity index is 1.52. The lowest BCUT2D eigenvalue weighted by Crippen LogP contribution is -2.39. The highest BCUT2D eigenvalue weighted by atomic mass is 32.1. The monoisotopic (exact) mass is 611 g/mol. The summed E-state index contributed by atoms with van der Waals surface area (Å²) in [4.78, 5) is 32.6. The molecule has 3 aromatic carbocycles. The first-order valence-corrected chi connectivity index (χ1v) is 14.9. The largest absolute Gasteiger partial charge is 0.493 e. The normalized spacial score (nSPS) is 14.8. The number of methoxy groups -OCH3 is 2. The highest BCUT2D eigenvalue weighted by Crippen LogP contribution is 2.36. The van der Waals surface area contributed by atoms with Crippen molar-refractivity contribution in [2.24, 2.45) is 4.99 Å². The lowest BCUT2D eigenvalue weighted by molar-refractivity contribution is -0.139. The number of hydrogen-bond donors (Lipinski definition) is 0. The third-order valence-corrected chi connectivity index (χ3v) is 8.60. The van der Waals surface area contributed by atoms with Gasteiger partial charge in [0.05, 0.1) is 42.7 Å². The molecular formula is C34H30FN3O5S. The van der Waals surface area contributed by atoms with Gasteiger partial charge in [0.2, 0.25) is 0 Å². The highest BCUT2D eigenvalue weighted by molar-refractivity contribution is 7.07. The number of para-hydroxylation sites is 1. The highest BCUT2D eigenvalue weighted by Gasteiger charge is 2.34. The fraction of sp³-hybridized carbons (Fsp3) is 0.206. The van der Waals surface area contributed by atoms with Gasteiger partial charge >= 0.3 is 5.97 Å². The molecular weight excluding hydrogens is 581 g/mol. The maximum absolute atomic E-state index is 14.2. The number of fused-ring (bicyclic) bond motifs is 2. The molecule has 6 rings (SSSR count). The van der Waals surface area contributed by atoms with E-state index < -0.39 is 12.0 Å². The molecule has 224 valence electrons. The van der Waals surface area contributed by atoms with Crippen molar-refractivity contribution < 1.29 is 23.4 Å². The van der Waals surface area contributed by atoms with Crippen LogP contribution in [0.15, 0.2) is 94.0 Å². The van der Waals surface area contributed by atoms with Gasteiger partial charge in [-0.1, -0.05) is 47.7 Å². The summed E-state index contributed by atoms with van der Waals surface area (Å²) in [5.74, 6) is 0.180. The first-order valence-electron chi connectivity index (χ1n) is 14.1. The number of hydrogen-bond acceptors (Lipinski definition) is 7.